The first-order chi connectivity index (χ1) is 9.24. The molecule has 0 aliphatic carbocycles. The summed E-state index contributed by atoms with van der Waals surface area (Å²) in [6.07, 6.45) is 3.76. The summed E-state index contributed by atoms with van der Waals surface area (Å²) < 4.78 is 2.08. The molecule has 0 aliphatic rings. The van der Waals surface area contributed by atoms with Crippen molar-refractivity contribution < 1.29 is 0 Å². The van der Waals surface area contributed by atoms with Crippen molar-refractivity contribution in [1.82, 2.24) is 9.55 Å². The van der Waals surface area contributed by atoms with Gasteiger partial charge in [0.1, 0.15) is 5.82 Å². The fourth-order valence-corrected chi connectivity index (χ4v) is 3.11. The molecule has 0 radical (unpaired) electrons. The van der Waals surface area contributed by atoms with E-state index in [-0.39, 0.29) is 0 Å². The Balaban J connectivity index is 1.94. The van der Waals surface area contributed by atoms with Gasteiger partial charge in [-0.3, -0.25) is 0 Å². The number of hydrogen-bond donors (Lipinski definition) is 0. The predicted octanol–water partition coefficient (Wildman–Crippen LogP) is 4.97. The highest BCUT2D eigenvalue weighted by molar-refractivity contribution is 7.13. The van der Waals surface area contributed by atoms with Crippen molar-refractivity contribution in [3.63, 3.8) is 0 Å². The standard InChI is InChI=1S/C14H10Cl2N2S/c15-11-4-3-10(12(16)8-11)9-18-6-5-17-14(18)13-2-1-7-19-13/h1-8H,9H2. The molecule has 0 spiro atoms. The summed E-state index contributed by atoms with van der Waals surface area (Å²) >= 11 is 13.8. The number of imidazole rings is 1. The normalized spacial score (nSPS) is 10.8. The van der Waals surface area contributed by atoms with Crippen LogP contribution in [0.2, 0.25) is 10.0 Å². The minimum Gasteiger partial charge on any atom is -0.326 e. The van der Waals surface area contributed by atoms with Crippen LogP contribution in [0.5, 0.6) is 0 Å². The van der Waals surface area contributed by atoms with Gasteiger partial charge in [0.25, 0.3) is 0 Å². The number of thiophene rings is 1. The molecule has 0 saturated carbocycles. The maximum absolute atomic E-state index is 6.21. The number of aromatic nitrogens is 2. The minimum absolute atomic E-state index is 0.651. The second-order valence-corrected chi connectivity index (χ2v) is 5.88. The smallest absolute Gasteiger partial charge is 0.150 e. The van der Waals surface area contributed by atoms with Crippen molar-refractivity contribution in [2.24, 2.45) is 0 Å². The number of rotatable bonds is 3. The lowest BCUT2D eigenvalue weighted by molar-refractivity contribution is 0.809. The Morgan fingerprint density at radius 1 is 1.21 bits per heavy atom. The molecular weight excluding hydrogens is 299 g/mol. The predicted molar refractivity (Wildman–Crippen MR) is 81.1 cm³/mol. The molecule has 0 fully saturated rings. The van der Waals surface area contributed by atoms with E-state index in [0.29, 0.717) is 16.6 Å². The summed E-state index contributed by atoms with van der Waals surface area (Å²) in [7, 11) is 0. The Morgan fingerprint density at radius 3 is 2.84 bits per heavy atom. The van der Waals surface area contributed by atoms with Gasteiger partial charge in [0, 0.05) is 22.4 Å². The third kappa shape index (κ3) is 2.68. The third-order valence-corrected chi connectivity index (χ3v) is 4.27. The summed E-state index contributed by atoms with van der Waals surface area (Å²) in [5, 5.41) is 3.38. The summed E-state index contributed by atoms with van der Waals surface area (Å²) in [6, 6.07) is 9.65. The molecule has 2 heterocycles. The fourth-order valence-electron chi connectivity index (χ4n) is 1.90. The van der Waals surface area contributed by atoms with Gasteiger partial charge in [0.2, 0.25) is 0 Å². The number of hydrogen-bond acceptors (Lipinski definition) is 2. The number of benzene rings is 1. The molecule has 3 aromatic rings. The average molecular weight is 309 g/mol. The summed E-state index contributed by atoms with van der Waals surface area (Å²) in [4.78, 5) is 5.55. The van der Waals surface area contributed by atoms with Crippen molar-refractivity contribution in [3.8, 4) is 10.7 Å². The maximum Gasteiger partial charge on any atom is 0.150 e. The van der Waals surface area contributed by atoms with E-state index in [1.54, 1.807) is 23.6 Å². The Bertz CT molecular complexity index is 689. The second kappa shape index (κ2) is 5.37. The highest BCUT2D eigenvalue weighted by Gasteiger charge is 2.09. The van der Waals surface area contributed by atoms with Gasteiger partial charge >= 0.3 is 0 Å². The van der Waals surface area contributed by atoms with Crippen LogP contribution < -0.4 is 0 Å². The van der Waals surface area contributed by atoms with Gasteiger partial charge in [-0.15, -0.1) is 11.3 Å². The highest BCUT2D eigenvalue weighted by atomic mass is 35.5. The molecule has 0 amide bonds. The zero-order valence-corrected chi connectivity index (χ0v) is 12.2. The molecule has 1 aromatic carbocycles. The molecule has 0 saturated heterocycles. The zero-order chi connectivity index (χ0) is 13.2. The van der Waals surface area contributed by atoms with Gasteiger partial charge in [0.05, 0.1) is 11.4 Å². The quantitative estimate of drug-likeness (QED) is 0.668. The van der Waals surface area contributed by atoms with E-state index in [0.717, 1.165) is 16.3 Å². The van der Waals surface area contributed by atoms with Crippen LogP contribution in [0.15, 0.2) is 48.1 Å². The van der Waals surface area contributed by atoms with Crippen molar-refractivity contribution in [3.05, 3.63) is 63.7 Å². The fraction of sp³-hybridized carbons (Fsp3) is 0.0714. The van der Waals surface area contributed by atoms with E-state index in [1.807, 2.05) is 29.8 Å². The lowest BCUT2D eigenvalue weighted by Gasteiger charge is -2.08. The molecule has 2 nitrogen and oxygen atoms in total. The van der Waals surface area contributed by atoms with E-state index in [2.05, 4.69) is 15.6 Å². The molecule has 2 aromatic heterocycles. The van der Waals surface area contributed by atoms with Gasteiger partial charge in [-0.25, -0.2) is 4.98 Å². The van der Waals surface area contributed by atoms with Gasteiger partial charge in [-0.05, 0) is 29.1 Å². The Hall–Kier alpha value is -1.29. The number of halogens is 2. The van der Waals surface area contributed by atoms with Crippen LogP contribution in [0.1, 0.15) is 5.56 Å². The van der Waals surface area contributed by atoms with E-state index in [9.17, 15) is 0 Å². The molecule has 0 N–H and O–H groups in total. The lowest BCUT2D eigenvalue weighted by atomic mass is 10.2. The molecule has 0 bridgehead atoms. The van der Waals surface area contributed by atoms with Gasteiger partial charge in [0.15, 0.2) is 0 Å². The van der Waals surface area contributed by atoms with Crippen molar-refractivity contribution in [2.75, 3.05) is 0 Å². The third-order valence-electron chi connectivity index (χ3n) is 2.81. The maximum atomic E-state index is 6.21. The molecular formula is C14H10Cl2N2S. The molecule has 19 heavy (non-hydrogen) atoms. The van der Waals surface area contributed by atoms with Crippen LogP contribution in [0, 0.1) is 0 Å². The lowest BCUT2D eigenvalue weighted by Crippen LogP contribution is -2.01. The monoisotopic (exact) mass is 308 g/mol. The van der Waals surface area contributed by atoms with Crippen LogP contribution in [0.25, 0.3) is 10.7 Å². The van der Waals surface area contributed by atoms with Crippen LogP contribution in [0.4, 0.5) is 0 Å². The molecule has 3 rings (SSSR count). The second-order valence-electron chi connectivity index (χ2n) is 4.09. The summed E-state index contributed by atoms with van der Waals surface area (Å²) in [5.41, 5.74) is 1.03. The first-order valence-corrected chi connectivity index (χ1v) is 7.36. The van der Waals surface area contributed by atoms with Gasteiger partial charge < -0.3 is 4.57 Å². The summed E-state index contributed by atoms with van der Waals surface area (Å²) in [5.74, 6) is 0.959. The first-order valence-electron chi connectivity index (χ1n) is 5.73. The van der Waals surface area contributed by atoms with Crippen molar-refractivity contribution in [2.45, 2.75) is 6.54 Å². The SMILES string of the molecule is Clc1ccc(Cn2ccnc2-c2cccs2)c(Cl)c1. The largest absolute Gasteiger partial charge is 0.326 e. The van der Waals surface area contributed by atoms with E-state index in [4.69, 9.17) is 23.2 Å². The van der Waals surface area contributed by atoms with E-state index < -0.39 is 0 Å². The van der Waals surface area contributed by atoms with Crippen LogP contribution in [-0.2, 0) is 6.54 Å². The highest BCUT2D eigenvalue weighted by Crippen LogP contribution is 2.26. The minimum atomic E-state index is 0.651. The van der Waals surface area contributed by atoms with E-state index in [1.165, 1.54) is 0 Å². The van der Waals surface area contributed by atoms with Crippen LogP contribution in [-0.4, -0.2) is 9.55 Å². The molecule has 0 unspecified atom stereocenters. The summed E-state index contributed by atoms with van der Waals surface area (Å²) in [6.45, 7) is 0.684. The van der Waals surface area contributed by atoms with Crippen LogP contribution in [0.3, 0.4) is 0 Å². The first kappa shape index (κ1) is 12.7. The molecule has 96 valence electrons. The number of nitrogens with zero attached hydrogens (tertiary/aromatic N) is 2. The molecule has 5 heteroatoms. The Labute approximate surface area is 125 Å². The average Bonchev–Trinajstić information content (AvgIpc) is 3.03. The Morgan fingerprint density at radius 2 is 2.11 bits per heavy atom. The van der Waals surface area contributed by atoms with Gasteiger partial charge in [-0.2, -0.15) is 0 Å². The molecule has 0 aliphatic heterocycles. The van der Waals surface area contributed by atoms with Gasteiger partial charge in [-0.1, -0.05) is 35.3 Å². The zero-order valence-electron chi connectivity index (χ0n) is 9.88. The topological polar surface area (TPSA) is 17.8 Å². The Kier molecular flexibility index (Phi) is 3.60. The van der Waals surface area contributed by atoms with Crippen molar-refractivity contribution in [1.29, 1.82) is 0 Å². The van der Waals surface area contributed by atoms with E-state index >= 15 is 0 Å². The van der Waals surface area contributed by atoms with Crippen LogP contribution >= 0.6 is 34.5 Å². The van der Waals surface area contributed by atoms with Crippen molar-refractivity contribution >= 4 is 34.5 Å². The molecule has 0 atom stereocenters.